The maximum Gasteiger partial charge on any atom is 0.242 e. The average molecular weight is 312 g/mol. The largest absolute Gasteiger partial charge is 0.364 e. The van der Waals surface area contributed by atoms with E-state index in [1.807, 2.05) is 25.5 Å². The SMILES string of the molecule is CNCc1cc(S(=O)(=O)NCc2ccon2)cn1C(C)C. The van der Waals surface area contributed by atoms with Crippen LogP contribution in [-0.4, -0.2) is 25.2 Å². The van der Waals surface area contributed by atoms with Gasteiger partial charge in [-0.3, -0.25) is 0 Å². The minimum atomic E-state index is -3.57. The smallest absolute Gasteiger partial charge is 0.242 e. The Morgan fingerprint density at radius 1 is 1.38 bits per heavy atom. The predicted octanol–water partition coefficient (Wildman–Crippen LogP) is 1.25. The van der Waals surface area contributed by atoms with Gasteiger partial charge in [-0.2, -0.15) is 0 Å². The van der Waals surface area contributed by atoms with Crippen molar-refractivity contribution in [2.45, 2.75) is 37.9 Å². The van der Waals surface area contributed by atoms with Gasteiger partial charge < -0.3 is 14.4 Å². The second-order valence-corrected chi connectivity index (χ2v) is 6.78. The Morgan fingerprint density at radius 3 is 2.71 bits per heavy atom. The molecular weight excluding hydrogens is 292 g/mol. The van der Waals surface area contributed by atoms with Gasteiger partial charge in [0.05, 0.1) is 17.1 Å². The molecule has 0 aliphatic rings. The molecule has 0 saturated heterocycles. The lowest BCUT2D eigenvalue weighted by molar-refractivity contribution is 0.411. The van der Waals surface area contributed by atoms with Crippen LogP contribution in [0.3, 0.4) is 0 Å². The van der Waals surface area contributed by atoms with Crippen molar-refractivity contribution in [3.8, 4) is 0 Å². The molecule has 116 valence electrons. The Morgan fingerprint density at radius 2 is 2.14 bits per heavy atom. The molecule has 2 aromatic rings. The van der Waals surface area contributed by atoms with Crippen LogP contribution in [0, 0.1) is 0 Å². The first-order valence-electron chi connectivity index (χ1n) is 6.68. The Labute approximate surface area is 124 Å². The lowest BCUT2D eigenvalue weighted by atomic mass is 10.3. The highest BCUT2D eigenvalue weighted by Crippen LogP contribution is 2.19. The number of nitrogens with one attached hydrogen (secondary N) is 2. The Kier molecular flexibility index (Phi) is 4.81. The molecule has 8 heteroatoms. The van der Waals surface area contributed by atoms with Crippen LogP contribution in [0.5, 0.6) is 0 Å². The van der Waals surface area contributed by atoms with Crippen LogP contribution in [0.2, 0.25) is 0 Å². The summed E-state index contributed by atoms with van der Waals surface area (Å²) in [6.45, 7) is 4.74. The minimum Gasteiger partial charge on any atom is -0.364 e. The summed E-state index contributed by atoms with van der Waals surface area (Å²) in [6.07, 6.45) is 3.06. The van der Waals surface area contributed by atoms with Crippen molar-refractivity contribution >= 4 is 10.0 Å². The number of hydrogen-bond acceptors (Lipinski definition) is 5. The molecule has 0 aromatic carbocycles. The quantitative estimate of drug-likeness (QED) is 0.803. The molecule has 0 aliphatic carbocycles. The third-order valence-electron chi connectivity index (χ3n) is 3.07. The molecule has 0 fully saturated rings. The average Bonchev–Trinajstić information content (AvgIpc) is 3.06. The third-order valence-corrected chi connectivity index (χ3v) is 4.43. The van der Waals surface area contributed by atoms with Gasteiger partial charge in [-0.15, -0.1) is 0 Å². The predicted molar refractivity (Wildman–Crippen MR) is 78.1 cm³/mol. The van der Waals surface area contributed by atoms with E-state index in [0.717, 1.165) is 5.69 Å². The summed E-state index contributed by atoms with van der Waals surface area (Å²) in [6, 6.07) is 3.49. The maximum absolute atomic E-state index is 12.3. The highest BCUT2D eigenvalue weighted by Gasteiger charge is 2.19. The summed E-state index contributed by atoms with van der Waals surface area (Å²) in [5.74, 6) is 0. The zero-order valence-corrected chi connectivity index (χ0v) is 13.1. The number of aromatic nitrogens is 2. The molecule has 0 aliphatic heterocycles. The third kappa shape index (κ3) is 3.72. The molecule has 0 spiro atoms. The lowest BCUT2D eigenvalue weighted by Gasteiger charge is -2.11. The van der Waals surface area contributed by atoms with E-state index in [-0.39, 0.29) is 17.5 Å². The van der Waals surface area contributed by atoms with Crippen LogP contribution in [0.1, 0.15) is 31.3 Å². The van der Waals surface area contributed by atoms with E-state index in [1.165, 1.54) is 6.26 Å². The molecule has 0 unspecified atom stereocenters. The fraction of sp³-hybridized carbons (Fsp3) is 0.462. The molecular formula is C13H20N4O3S. The van der Waals surface area contributed by atoms with Crippen molar-refractivity contribution in [2.75, 3.05) is 7.05 Å². The fourth-order valence-corrected chi connectivity index (χ4v) is 3.08. The number of rotatable bonds is 7. The number of nitrogens with zero attached hydrogens (tertiary/aromatic N) is 2. The van der Waals surface area contributed by atoms with Gasteiger partial charge in [-0.25, -0.2) is 13.1 Å². The summed E-state index contributed by atoms with van der Waals surface area (Å²) in [5.41, 5.74) is 1.46. The molecule has 2 rings (SSSR count). The van der Waals surface area contributed by atoms with E-state index in [4.69, 9.17) is 0 Å². The Balaban J connectivity index is 2.21. The van der Waals surface area contributed by atoms with Crippen molar-refractivity contribution in [1.29, 1.82) is 0 Å². The van der Waals surface area contributed by atoms with Gasteiger partial charge in [0.2, 0.25) is 10.0 Å². The summed E-state index contributed by atoms with van der Waals surface area (Å²) in [7, 11) is -1.74. The van der Waals surface area contributed by atoms with E-state index >= 15 is 0 Å². The van der Waals surface area contributed by atoms with Crippen LogP contribution in [0.25, 0.3) is 0 Å². The van der Waals surface area contributed by atoms with E-state index in [2.05, 4.69) is 19.7 Å². The van der Waals surface area contributed by atoms with Crippen LogP contribution < -0.4 is 10.0 Å². The summed E-state index contributed by atoms with van der Waals surface area (Å²) in [4.78, 5) is 0.255. The first-order valence-corrected chi connectivity index (χ1v) is 8.16. The van der Waals surface area contributed by atoms with Crippen molar-refractivity contribution < 1.29 is 12.9 Å². The molecule has 2 aromatic heterocycles. The van der Waals surface area contributed by atoms with Crippen molar-refractivity contribution in [2.24, 2.45) is 0 Å². The standard InChI is InChI=1S/C13H20N4O3S/c1-10(2)17-9-13(6-12(17)8-14-3)21(18,19)15-7-11-4-5-20-16-11/h4-6,9-10,14-15H,7-8H2,1-3H3. The molecule has 7 nitrogen and oxygen atoms in total. The minimum absolute atomic E-state index is 0.104. The fourth-order valence-electron chi connectivity index (χ4n) is 2.03. The maximum atomic E-state index is 12.3. The van der Waals surface area contributed by atoms with Gasteiger partial charge in [-0.1, -0.05) is 5.16 Å². The summed E-state index contributed by atoms with van der Waals surface area (Å²) in [5, 5.41) is 6.72. The molecule has 2 N–H and O–H groups in total. The van der Waals surface area contributed by atoms with Gasteiger partial charge in [0, 0.05) is 30.5 Å². The Bertz CT molecular complexity index is 674. The molecule has 0 bridgehead atoms. The molecule has 0 amide bonds. The van der Waals surface area contributed by atoms with Gasteiger partial charge in [0.15, 0.2) is 0 Å². The zero-order valence-electron chi connectivity index (χ0n) is 12.3. The van der Waals surface area contributed by atoms with E-state index in [0.29, 0.717) is 12.2 Å². The summed E-state index contributed by atoms with van der Waals surface area (Å²) < 4.78 is 33.8. The second-order valence-electron chi connectivity index (χ2n) is 5.01. The van der Waals surface area contributed by atoms with Gasteiger partial charge in [-0.05, 0) is 27.0 Å². The topological polar surface area (TPSA) is 89.2 Å². The van der Waals surface area contributed by atoms with Gasteiger partial charge in [0.1, 0.15) is 6.26 Å². The van der Waals surface area contributed by atoms with Crippen molar-refractivity contribution in [3.63, 3.8) is 0 Å². The van der Waals surface area contributed by atoms with Crippen LogP contribution in [-0.2, 0) is 23.1 Å². The first-order chi connectivity index (χ1) is 9.94. The van der Waals surface area contributed by atoms with Crippen molar-refractivity contribution in [3.05, 3.63) is 36.0 Å². The van der Waals surface area contributed by atoms with Gasteiger partial charge in [0.25, 0.3) is 0 Å². The monoisotopic (exact) mass is 312 g/mol. The molecule has 0 saturated carbocycles. The highest BCUT2D eigenvalue weighted by atomic mass is 32.2. The van der Waals surface area contributed by atoms with E-state index < -0.39 is 10.0 Å². The van der Waals surface area contributed by atoms with Crippen LogP contribution in [0.15, 0.2) is 34.0 Å². The van der Waals surface area contributed by atoms with Gasteiger partial charge >= 0.3 is 0 Å². The molecule has 21 heavy (non-hydrogen) atoms. The number of sulfonamides is 1. The second kappa shape index (κ2) is 6.42. The van der Waals surface area contributed by atoms with Crippen LogP contribution >= 0.6 is 0 Å². The summed E-state index contributed by atoms with van der Waals surface area (Å²) >= 11 is 0. The van der Waals surface area contributed by atoms with Crippen molar-refractivity contribution in [1.82, 2.24) is 19.8 Å². The molecule has 0 radical (unpaired) electrons. The molecule has 0 atom stereocenters. The van der Waals surface area contributed by atoms with Crippen LogP contribution in [0.4, 0.5) is 0 Å². The normalized spacial score (nSPS) is 12.2. The van der Waals surface area contributed by atoms with E-state index in [1.54, 1.807) is 18.3 Å². The zero-order chi connectivity index (χ0) is 15.5. The number of hydrogen-bond donors (Lipinski definition) is 2. The molecule has 2 heterocycles. The van der Waals surface area contributed by atoms with E-state index in [9.17, 15) is 8.42 Å². The Hall–Kier alpha value is -1.64. The lowest BCUT2D eigenvalue weighted by Crippen LogP contribution is -2.23. The first kappa shape index (κ1) is 15.7. The highest BCUT2D eigenvalue weighted by molar-refractivity contribution is 7.89.